The van der Waals surface area contributed by atoms with Crippen LogP contribution in [0.25, 0.3) is 0 Å². The maximum absolute atomic E-state index is 12.4. The van der Waals surface area contributed by atoms with E-state index < -0.39 is 0 Å². The monoisotopic (exact) mass is 234 g/mol. The molecule has 2 aliphatic carbocycles. The van der Waals surface area contributed by atoms with Crippen molar-refractivity contribution >= 4 is 5.78 Å². The first-order chi connectivity index (χ1) is 7.90. The average molecular weight is 234 g/mol. The Bertz CT molecular complexity index is 415. The fraction of sp³-hybridized carbons (Fsp3) is 0.667. The number of ketones is 1. The van der Waals surface area contributed by atoms with E-state index in [9.17, 15) is 4.79 Å². The standard InChI is InChI=1S/C15H22O2/c1-10(2)8-15-12(9-17-5)6-7-14(15,4)11(3)13(15)16/h8-9,11H,6-7H2,1-5H3/b12-9+/t11-,14+,15-/m1/s1. The summed E-state index contributed by atoms with van der Waals surface area (Å²) in [6.07, 6.45) is 6.00. The van der Waals surface area contributed by atoms with Crippen LogP contribution in [0.2, 0.25) is 0 Å². The summed E-state index contributed by atoms with van der Waals surface area (Å²) in [4.78, 5) is 12.4. The lowest BCUT2D eigenvalue weighted by atomic mass is 9.44. The summed E-state index contributed by atoms with van der Waals surface area (Å²) in [5.41, 5.74) is 2.08. The maximum Gasteiger partial charge on any atom is 0.150 e. The second kappa shape index (κ2) is 3.72. The molecule has 2 saturated carbocycles. The molecule has 0 N–H and O–H groups in total. The lowest BCUT2D eigenvalue weighted by Crippen LogP contribution is -2.60. The number of carbonyl (C=O) groups excluding carboxylic acids is 1. The van der Waals surface area contributed by atoms with Crippen LogP contribution >= 0.6 is 0 Å². The molecule has 94 valence electrons. The summed E-state index contributed by atoms with van der Waals surface area (Å²) in [5.74, 6) is 0.530. The van der Waals surface area contributed by atoms with Gasteiger partial charge in [-0.3, -0.25) is 4.79 Å². The van der Waals surface area contributed by atoms with E-state index in [0.717, 1.165) is 18.4 Å². The number of ether oxygens (including phenoxy) is 1. The third kappa shape index (κ3) is 1.30. The van der Waals surface area contributed by atoms with Gasteiger partial charge in [0.1, 0.15) is 0 Å². The Morgan fingerprint density at radius 1 is 1.47 bits per heavy atom. The van der Waals surface area contributed by atoms with Crippen LogP contribution in [0.5, 0.6) is 0 Å². The summed E-state index contributed by atoms with van der Waals surface area (Å²) in [5, 5.41) is 0. The SMILES string of the molecule is CO/C=C1\CC[C@@]2(C)[C@H](C)C(=O)[C@@]12C=C(C)C. The maximum atomic E-state index is 12.4. The molecule has 0 spiro atoms. The molecule has 0 aromatic heterocycles. The molecule has 2 aliphatic rings. The normalized spacial score (nSPS) is 42.1. The van der Waals surface area contributed by atoms with E-state index in [0.29, 0.717) is 5.78 Å². The van der Waals surface area contributed by atoms with Crippen LogP contribution in [-0.4, -0.2) is 12.9 Å². The van der Waals surface area contributed by atoms with Crippen molar-refractivity contribution in [2.45, 2.75) is 40.5 Å². The van der Waals surface area contributed by atoms with Crippen molar-refractivity contribution in [3.05, 3.63) is 23.5 Å². The molecule has 0 unspecified atom stereocenters. The van der Waals surface area contributed by atoms with Gasteiger partial charge in [-0.1, -0.05) is 25.5 Å². The summed E-state index contributed by atoms with van der Waals surface area (Å²) in [6, 6.07) is 0. The minimum absolute atomic E-state index is 0.0890. The van der Waals surface area contributed by atoms with Crippen molar-refractivity contribution in [2.75, 3.05) is 7.11 Å². The number of hydrogen-bond donors (Lipinski definition) is 0. The zero-order valence-electron chi connectivity index (χ0n) is 11.5. The molecule has 17 heavy (non-hydrogen) atoms. The molecule has 0 radical (unpaired) electrons. The van der Waals surface area contributed by atoms with Crippen LogP contribution in [0.15, 0.2) is 23.5 Å². The molecule has 0 bridgehead atoms. The van der Waals surface area contributed by atoms with E-state index >= 15 is 0 Å². The van der Waals surface area contributed by atoms with Crippen molar-refractivity contribution in [3.8, 4) is 0 Å². The van der Waals surface area contributed by atoms with Crippen molar-refractivity contribution < 1.29 is 9.53 Å². The van der Waals surface area contributed by atoms with E-state index in [1.54, 1.807) is 13.4 Å². The van der Waals surface area contributed by atoms with Gasteiger partial charge >= 0.3 is 0 Å². The Balaban J connectivity index is 2.56. The quantitative estimate of drug-likeness (QED) is 0.540. The Labute approximate surface area is 104 Å². The van der Waals surface area contributed by atoms with Gasteiger partial charge in [-0.2, -0.15) is 0 Å². The first-order valence-corrected chi connectivity index (χ1v) is 6.33. The topological polar surface area (TPSA) is 26.3 Å². The van der Waals surface area contributed by atoms with Crippen LogP contribution in [0.3, 0.4) is 0 Å². The van der Waals surface area contributed by atoms with Crippen LogP contribution in [-0.2, 0) is 9.53 Å². The summed E-state index contributed by atoms with van der Waals surface area (Å²) < 4.78 is 5.17. The zero-order valence-corrected chi connectivity index (χ0v) is 11.5. The summed E-state index contributed by atoms with van der Waals surface area (Å²) in [7, 11) is 1.66. The number of fused-ring (bicyclic) bond motifs is 1. The lowest BCUT2D eigenvalue weighted by Gasteiger charge is -2.56. The molecule has 2 rings (SSSR count). The Kier molecular flexibility index (Phi) is 2.72. The van der Waals surface area contributed by atoms with Crippen molar-refractivity contribution in [3.63, 3.8) is 0 Å². The van der Waals surface area contributed by atoms with E-state index in [4.69, 9.17) is 4.74 Å². The molecule has 0 aromatic carbocycles. The van der Waals surface area contributed by atoms with Gasteiger partial charge in [-0.15, -0.1) is 0 Å². The number of Topliss-reactive ketones (excluding diaryl/α,β-unsaturated/α-hetero) is 1. The van der Waals surface area contributed by atoms with Crippen molar-refractivity contribution in [1.82, 2.24) is 0 Å². The van der Waals surface area contributed by atoms with E-state index in [2.05, 4.69) is 33.8 Å². The first-order valence-electron chi connectivity index (χ1n) is 6.33. The smallest absolute Gasteiger partial charge is 0.150 e. The highest BCUT2D eigenvalue weighted by molar-refractivity contribution is 6.00. The molecule has 0 saturated heterocycles. The van der Waals surface area contributed by atoms with E-state index in [1.807, 2.05) is 0 Å². The number of allylic oxidation sites excluding steroid dienone is 3. The second-order valence-corrected chi connectivity index (χ2v) is 5.91. The second-order valence-electron chi connectivity index (χ2n) is 5.91. The number of hydrogen-bond acceptors (Lipinski definition) is 2. The molecule has 3 atom stereocenters. The first kappa shape index (κ1) is 12.4. The molecule has 2 heteroatoms. The molecule has 2 nitrogen and oxygen atoms in total. The predicted molar refractivity (Wildman–Crippen MR) is 68.5 cm³/mol. The van der Waals surface area contributed by atoms with Gasteiger partial charge < -0.3 is 4.74 Å². The fourth-order valence-corrected chi connectivity index (χ4v) is 3.76. The lowest BCUT2D eigenvalue weighted by molar-refractivity contribution is -0.156. The molecular weight excluding hydrogens is 212 g/mol. The highest BCUT2D eigenvalue weighted by Crippen LogP contribution is 2.70. The van der Waals surface area contributed by atoms with Crippen LogP contribution in [0, 0.1) is 16.7 Å². The van der Waals surface area contributed by atoms with Crippen LogP contribution < -0.4 is 0 Å². The van der Waals surface area contributed by atoms with Gasteiger partial charge in [-0.05, 0) is 37.7 Å². The third-order valence-electron chi connectivity index (χ3n) is 4.82. The van der Waals surface area contributed by atoms with Gasteiger partial charge in [-0.25, -0.2) is 0 Å². The fourth-order valence-electron chi connectivity index (χ4n) is 3.76. The Morgan fingerprint density at radius 2 is 2.12 bits per heavy atom. The molecule has 0 aromatic rings. The summed E-state index contributed by atoms with van der Waals surface area (Å²) >= 11 is 0. The largest absolute Gasteiger partial charge is 0.504 e. The number of methoxy groups -OCH3 is 1. The molecule has 0 aliphatic heterocycles. The van der Waals surface area contributed by atoms with E-state index in [1.165, 1.54) is 5.57 Å². The molecular formula is C15H22O2. The van der Waals surface area contributed by atoms with Gasteiger partial charge in [0.2, 0.25) is 0 Å². The van der Waals surface area contributed by atoms with Gasteiger partial charge in [0.15, 0.2) is 5.78 Å². The van der Waals surface area contributed by atoms with Crippen LogP contribution in [0.4, 0.5) is 0 Å². The summed E-state index contributed by atoms with van der Waals surface area (Å²) in [6.45, 7) is 8.44. The minimum atomic E-state index is -0.374. The predicted octanol–water partition coefficient (Wildman–Crippen LogP) is 3.49. The minimum Gasteiger partial charge on any atom is -0.504 e. The third-order valence-corrected chi connectivity index (χ3v) is 4.82. The average Bonchev–Trinajstić information content (AvgIpc) is 2.52. The van der Waals surface area contributed by atoms with Crippen molar-refractivity contribution in [1.29, 1.82) is 0 Å². The Hall–Kier alpha value is -1.05. The van der Waals surface area contributed by atoms with Gasteiger partial charge in [0.25, 0.3) is 0 Å². The highest BCUT2D eigenvalue weighted by Gasteiger charge is 2.70. The van der Waals surface area contributed by atoms with Gasteiger partial charge in [0, 0.05) is 5.92 Å². The number of rotatable bonds is 2. The Morgan fingerprint density at radius 3 is 2.65 bits per heavy atom. The molecule has 0 amide bonds. The van der Waals surface area contributed by atoms with Gasteiger partial charge in [0.05, 0.1) is 18.8 Å². The zero-order chi connectivity index (χ0) is 12.8. The number of carbonyl (C=O) groups is 1. The molecule has 2 fully saturated rings. The van der Waals surface area contributed by atoms with E-state index in [-0.39, 0.29) is 16.7 Å². The van der Waals surface area contributed by atoms with Crippen molar-refractivity contribution in [2.24, 2.45) is 16.7 Å². The molecule has 0 heterocycles. The highest BCUT2D eigenvalue weighted by atomic mass is 16.5. The van der Waals surface area contributed by atoms with Crippen LogP contribution in [0.1, 0.15) is 40.5 Å².